The van der Waals surface area contributed by atoms with E-state index in [1.165, 1.54) is 0 Å². The van der Waals surface area contributed by atoms with Crippen molar-refractivity contribution >= 4 is 0 Å². The minimum atomic E-state index is -0.159. The molecule has 0 aliphatic rings. The normalized spacial score (nSPS) is 18.0. The third-order valence-corrected chi connectivity index (χ3v) is 1.34. The minimum Gasteiger partial charge on any atom is -0.329 e. The zero-order valence-corrected chi connectivity index (χ0v) is 6.65. The van der Waals surface area contributed by atoms with Gasteiger partial charge in [0.15, 0.2) is 0 Å². The summed E-state index contributed by atoms with van der Waals surface area (Å²) in [6, 6.07) is 0. The highest BCUT2D eigenvalue weighted by atomic mass is 14.8. The predicted octanol–water partition coefficient (Wildman–Crippen LogP) is 0.709. The maximum atomic E-state index is 5.79. The van der Waals surface area contributed by atoms with Gasteiger partial charge in [-0.3, -0.25) is 0 Å². The highest BCUT2D eigenvalue weighted by molar-refractivity contribution is 4.80. The Kier molecular flexibility index (Phi) is 3.15. The quantitative estimate of drug-likeness (QED) is 0.591. The van der Waals surface area contributed by atoms with Crippen LogP contribution in [0.3, 0.4) is 0 Å². The molecule has 0 aromatic rings. The number of hydrogen-bond donors (Lipinski definition) is 2. The lowest BCUT2D eigenvalue weighted by atomic mass is 9.92. The predicted molar refractivity (Wildman–Crippen MR) is 41.1 cm³/mol. The Balaban J connectivity index is 3.58. The Hall–Kier alpha value is -0.0800. The second kappa shape index (κ2) is 3.18. The molecule has 2 heteroatoms. The van der Waals surface area contributed by atoms with Crippen LogP contribution in [0.25, 0.3) is 0 Å². The Morgan fingerprint density at radius 2 is 1.89 bits per heavy atom. The molecule has 0 amide bonds. The molecule has 0 radical (unpaired) electrons. The van der Waals surface area contributed by atoms with Crippen molar-refractivity contribution in [1.82, 2.24) is 0 Å². The Bertz CT molecular complexity index is 77.0. The first-order chi connectivity index (χ1) is 3.98. The fraction of sp³-hybridized carbons (Fsp3) is 1.00. The van der Waals surface area contributed by atoms with Crippen molar-refractivity contribution in [3.63, 3.8) is 0 Å². The summed E-state index contributed by atoms with van der Waals surface area (Å²) >= 11 is 0. The largest absolute Gasteiger partial charge is 0.329 e. The second-order valence-electron chi connectivity index (χ2n) is 3.46. The molecule has 1 atom stereocenters. The molecule has 0 aromatic carbocycles. The molecule has 0 saturated carbocycles. The molecule has 4 N–H and O–H groups in total. The molecule has 0 bridgehead atoms. The van der Waals surface area contributed by atoms with E-state index in [1.54, 1.807) is 0 Å². The third-order valence-electron chi connectivity index (χ3n) is 1.34. The summed E-state index contributed by atoms with van der Waals surface area (Å²) in [7, 11) is 0. The third kappa shape index (κ3) is 4.43. The summed E-state index contributed by atoms with van der Waals surface area (Å²) in [5, 5.41) is 0. The molecule has 0 aromatic heterocycles. The first-order valence-corrected chi connectivity index (χ1v) is 3.47. The summed E-state index contributed by atoms with van der Waals surface area (Å²) in [6.45, 7) is 6.87. The summed E-state index contributed by atoms with van der Waals surface area (Å²) in [5.41, 5.74) is 11.1. The standard InChI is InChI=1S/C7H18N2/c1-6(2)4-7(3,9)5-8/h6H,4-5,8-9H2,1-3H3/t7-/m0/s1. The maximum absolute atomic E-state index is 5.79. The average molecular weight is 130 g/mol. The topological polar surface area (TPSA) is 52.0 Å². The molecule has 9 heavy (non-hydrogen) atoms. The Labute approximate surface area is 57.6 Å². The summed E-state index contributed by atoms with van der Waals surface area (Å²) in [4.78, 5) is 0. The van der Waals surface area contributed by atoms with Gasteiger partial charge in [-0.1, -0.05) is 13.8 Å². The van der Waals surface area contributed by atoms with Crippen molar-refractivity contribution in [3.8, 4) is 0 Å². The molecule has 0 saturated heterocycles. The monoisotopic (exact) mass is 130 g/mol. The highest BCUT2D eigenvalue weighted by Gasteiger charge is 2.16. The molecule has 0 fully saturated rings. The van der Waals surface area contributed by atoms with Crippen molar-refractivity contribution in [3.05, 3.63) is 0 Å². The van der Waals surface area contributed by atoms with Crippen LogP contribution in [0.5, 0.6) is 0 Å². The molecule has 0 rings (SSSR count). The van der Waals surface area contributed by atoms with E-state index in [4.69, 9.17) is 11.5 Å². The zero-order valence-electron chi connectivity index (χ0n) is 6.65. The van der Waals surface area contributed by atoms with Gasteiger partial charge in [0.05, 0.1) is 0 Å². The van der Waals surface area contributed by atoms with E-state index in [9.17, 15) is 0 Å². The van der Waals surface area contributed by atoms with E-state index in [2.05, 4.69) is 13.8 Å². The minimum absolute atomic E-state index is 0.159. The van der Waals surface area contributed by atoms with Gasteiger partial charge in [0.1, 0.15) is 0 Å². The Morgan fingerprint density at radius 3 is 2.00 bits per heavy atom. The van der Waals surface area contributed by atoms with E-state index in [-0.39, 0.29) is 5.54 Å². The van der Waals surface area contributed by atoms with Crippen LogP contribution < -0.4 is 11.5 Å². The van der Waals surface area contributed by atoms with Gasteiger partial charge < -0.3 is 11.5 Å². The van der Waals surface area contributed by atoms with Gasteiger partial charge in [-0.2, -0.15) is 0 Å². The van der Waals surface area contributed by atoms with Gasteiger partial charge in [-0.25, -0.2) is 0 Å². The molecule has 0 spiro atoms. The second-order valence-corrected chi connectivity index (χ2v) is 3.46. The van der Waals surface area contributed by atoms with Crippen LogP contribution in [-0.4, -0.2) is 12.1 Å². The Morgan fingerprint density at radius 1 is 1.44 bits per heavy atom. The first-order valence-electron chi connectivity index (χ1n) is 3.47. The van der Waals surface area contributed by atoms with Gasteiger partial charge in [-0.05, 0) is 19.3 Å². The average Bonchev–Trinajstić information content (AvgIpc) is 1.63. The van der Waals surface area contributed by atoms with Crippen LogP contribution in [-0.2, 0) is 0 Å². The summed E-state index contributed by atoms with van der Waals surface area (Å²) in [6.07, 6.45) is 1.00. The van der Waals surface area contributed by atoms with E-state index >= 15 is 0 Å². The van der Waals surface area contributed by atoms with Crippen molar-refractivity contribution in [1.29, 1.82) is 0 Å². The van der Waals surface area contributed by atoms with Crippen LogP contribution in [0.4, 0.5) is 0 Å². The maximum Gasteiger partial charge on any atom is 0.0252 e. The molecular formula is C7H18N2. The van der Waals surface area contributed by atoms with Crippen molar-refractivity contribution in [2.45, 2.75) is 32.7 Å². The summed E-state index contributed by atoms with van der Waals surface area (Å²) in [5.74, 6) is 0.642. The van der Waals surface area contributed by atoms with E-state index < -0.39 is 0 Å². The molecular weight excluding hydrogens is 112 g/mol. The van der Waals surface area contributed by atoms with Crippen LogP contribution >= 0.6 is 0 Å². The van der Waals surface area contributed by atoms with Gasteiger partial charge in [0.2, 0.25) is 0 Å². The number of nitrogens with two attached hydrogens (primary N) is 2. The van der Waals surface area contributed by atoms with Gasteiger partial charge in [0, 0.05) is 12.1 Å². The lowest BCUT2D eigenvalue weighted by Crippen LogP contribution is -2.44. The van der Waals surface area contributed by atoms with Crippen LogP contribution in [0.15, 0.2) is 0 Å². The molecule has 56 valence electrons. The van der Waals surface area contributed by atoms with Gasteiger partial charge in [0.25, 0.3) is 0 Å². The van der Waals surface area contributed by atoms with Crippen LogP contribution in [0, 0.1) is 5.92 Å². The van der Waals surface area contributed by atoms with Crippen molar-refractivity contribution < 1.29 is 0 Å². The van der Waals surface area contributed by atoms with Crippen LogP contribution in [0.1, 0.15) is 27.2 Å². The smallest absolute Gasteiger partial charge is 0.0252 e. The van der Waals surface area contributed by atoms with E-state index in [1.807, 2.05) is 6.92 Å². The number of rotatable bonds is 3. The SMILES string of the molecule is CC(C)C[C@](C)(N)CN. The van der Waals surface area contributed by atoms with Crippen molar-refractivity contribution in [2.75, 3.05) is 6.54 Å². The summed E-state index contributed by atoms with van der Waals surface area (Å²) < 4.78 is 0. The first kappa shape index (κ1) is 8.92. The molecule has 0 aliphatic carbocycles. The zero-order chi connectivity index (χ0) is 7.49. The molecule has 2 nitrogen and oxygen atoms in total. The molecule has 0 heterocycles. The van der Waals surface area contributed by atoms with Gasteiger partial charge in [-0.15, -0.1) is 0 Å². The van der Waals surface area contributed by atoms with Crippen LogP contribution in [0.2, 0.25) is 0 Å². The lowest BCUT2D eigenvalue weighted by molar-refractivity contribution is 0.378. The van der Waals surface area contributed by atoms with E-state index in [0.717, 1.165) is 6.42 Å². The fourth-order valence-electron chi connectivity index (χ4n) is 1.02. The number of hydrogen-bond acceptors (Lipinski definition) is 2. The van der Waals surface area contributed by atoms with Gasteiger partial charge >= 0.3 is 0 Å². The lowest BCUT2D eigenvalue weighted by Gasteiger charge is -2.24. The van der Waals surface area contributed by atoms with Crippen molar-refractivity contribution in [2.24, 2.45) is 17.4 Å². The fourth-order valence-corrected chi connectivity index (χ4v) is 1.02. The highest BCUT2D eigenvalue weighted by Crippen LogP contribution is 2.11. The molecule has 0 unspecified atom stereocenters. The molecule has 0 aliphatic heterocycles. The van der Waals surface area contributed by atoms with E-state index in [0.29, 0.717) is 12.5 Å².